The zero-order valence-electron chi connectivity index (χ0n) is 51.3. The third kappa shape index (κ3) is 15.8. The number of aromatic hydroxyl groups is 1. The van der Waals surface area contributed by atoms with Gasteiger partial charge in [0.25, 0.3) is 0 Å². The Morgan fingerprint density at radius 3 is 1.83 bits per heavy atom. The summed E-state index contributed by atoms with van der Waals surface area (Å²) in [5.41, 5.74) is 10.3. The molecule has 16 heteroatoms. The SMILES string of the molecule is CN1CCCC1CCOC(C)(c1ccccc1)c1ccc(Cl)cc1.Cc1cc(C=Cc2ccc3cc(N(C)C)ccc3[n+]2C)c(C)n1-c1ccccc1.O=C(O)C=CC(=O)O.O=C(O)c1cc2ccccc2c(Cc2c(O)c(C(=O)O)cc3ccccc23)c1[O-]. The number of carbonyl (C=O) groups is 4. The molecule has 10 aromatic rings. The number of ether oxygens (including phenoxy) is 1. The minimum absolute atomic E-state index is 0.103. The molecular weight excluding hydrogens is 1160 g/mol. The first-order chi connectivity index (χ1) is 43.1. The number of carboxylic acid groups (broad SMARTS) is 4. The van der Waals surface area contributed by atoms with Crippen molar-refractivity contribution in [2.24, 2.45) is 7.05 Å². The van der Waals surface area contributed by atoms with Crippen LogP contribution in [0.2, 0.25) is 5.02 Å². The van der Waals surface area contributed by atoms with Crippen molar-refractivity contribution in [1.29, 1.82) is 0 Å². The summed E-state index contributed by atoms with van der Waals surface area (Å²) in [5, 5.41) is 62.4. The van der Waals surface area contributed by atoms with E-state index in [-0.39, 0.29) is 28.7 Å². The molecule has 0 amide bonds. The first-order valence-corrected chi connectivity index (χ1v) is 29.7. The fraction of sp³-hybridized carbons (Fsp3) is 0.203. The van der Waals surface area contributed by atoms with E-state index in [1.165, 1.54) is 82.0 Å². The molecule has 0 bridgehead atoms. The van der Waals surface area contributed by atoms with Gasteiger partial charge in [-0.15, -0.1) is 0 Å². The Hall–Kier alpha value is -10.1. The highest BCUT2D eigenvalue weighted by molar-refractivity contribution is 6.30. The lowest BCUT2D eigenvalue weighted by Crippen LogP contribution is -2.32. The van der Waals surface area contributed by atoms with E-state index in [4.69, 9.17) is 26.6 Å². The van der Waals surface area contributed by atoms with E-state index in [0.717, 1.165) is 23.6 Å². The maximum absolute atomic E-state index is 12.9. The topological polar surface area (TPSA) is 217 Å². The van der Waals surface area contributed by atoms with E-state index in [0.29, 0.717) is 39.7 Å². The summed E-state index contributed by atoms with van der Waals surface area (Å²) >= 11 is 6.07. The van der Waals surface area contributed by atoms with Gasteiger partial charge in [0.05, 0.1) is 5.56 Å². The van der Waals surface area contributed by atoms with Crippen LogP contribution in [0.25, 0.3) is 50.3 Å². The molecule has 2 unspecified atom stereocenters. The van der Waals surface area contributed by atoms with Crippen molar-refractivity contribution in [2.75, 3.05) is 39.2 Å². The molecule has 11 rings (SSSR count). The second kappa shape index (κ2) is 29.8. The number of phenols is 1. The number of pyridine rings is 1. The van der Waals surface area contributed by atoms with Crippen LogP contribution < -0.4 is 14.6 Å². The van der Waals surface area contributed by atoms with Gasteiger partial charge in [-0.3, -0.25) is 0 Å². The predicted octanol–water partition coefficient (Wildman–Crippen LogP) is 13.9. The molecule has 462 valence electrons. The number of carboxylic acids is 4. The molecule has 90 heavy (non-hydrogen) atoms. The van der Waals surface area contributed by atoms with Crippen molar-refractivity contribution in [3.8, 4) is 17.2 Å². The number of rotatable bonds is 16. The standard InChI is InChI=1S/C26H28N3.C23H16O6.C21H26ClNO.C4H4O4/c1-19-17-21(20(2)29(19)24-9-7-6-8-10-24)11-13-23-14-12-22-18-25(27(3)4)15-16-26(22)28(23)5;24-20-16(14-7-3-1-5-12(14)9-18(20)22(26)27)11-17-15-8-4-2-6-13(15)10-19(21(17)25)23(28)29;1-21(17-7-4-3-5-8-17,18-10-12-19(22)13-11-18)24-16-14-20-9-6-15-23(20)2;5-3(6)1-2-4(7)8/h6-18H,1-5H3;1-10,24-25H,11H2,(H,26,27)(H,28,29);3-5,7-8,10-13,20H,6,9,14-16H2,1-2H3;1-2H,(H,5,6)(H,7,8)/q+1;;;/p-1. The highest BCUT2D eigenvalue weighted by Crippen LogP contribution is 2.39. The van der Waals surface area contributed by atoms with Gasteiger partial charge in [-0.25, -0.2) is 19.2 Å². The molecule has 15 nitrogen and oxygen atoms in total. The number of anilines is 1. The number of aromatic nitrogens is 2. The number of aliphatic carboxylic acids is 2. The van der Waals surface area contributed by atoms with Gasteiger partial charge in [0, 0.05) is 102 Å². The van der Waals surface area contributed by atoms with Crippen molar-refractivity contribution in [1.82, 2.24) is 9.47 Å². The number of para-hydroxylation sites is 1. The smallest absolute Gasteiger partial charge is 0.339 e. The zero-order valence-corrected chi connectivity index (χ0v) is 52.1. The molecule has 1 fully saturated rings. The van der Waals surface area contributed by atoms with Crippen molar-refractivity contribution in [3.63, 3.8) is 0 Å². The van der Waals surface area contributed by atoms with Gasteiger partial charge in [0.1, 0.15) is 24.0 Å². The molecule has 1 saturated heterocycles. The van der Waals surface area contributed by atoms with Crippen LogP contribution in [0.15, 0.2) is 194 Å². The van der Waals surface area contributed by atoms with Crippen LogP contribution in [0.4, 0.5) is 5.69 Å². The van der Waals surface area contributed by atoms with E-state index in [1.54, 1.807) is 48.5 Å². The summed E-state index contributed by atoms with van der Waals surface area (Å²) in [5.74, 6) is -6.23. The second-order valence-electron chi connectivity index (χ2n) is 22.3. The Balaban J connectivity index is 0.000000165. The maximum atomic E-state index is 12.9. The Kier molecular flexibility index (Phi) is 21.8. The van der Waals surface area contributed by atoms with Gasteiger partial charge in [0.15, 0.2) is 0 Å². The van der Waals surface area contributed by atoms with Gasteiger partial charge < -0.3 is 49.7 Å². The lowest BCUT2D eigenvalue weighted by atomic mass is 9.88. The van der Waals surface area contributed by atoms with Crippen molar-refractivity contribution >= 4 is 85.8 Å². The third-order valence-corrected chi connectivity index (χ3v) is 16.5. The number of hydrogen-bond acceptors (Lipinski definition) is 9. The fourth-order valence-electron chi connectivity index (χ4n) is 11.4. The predicted molar refractivity (Wildman–Crippen MR) is 354 cm³/mol. The van der Waals surface area contributed by atoms with Crippen LogP contribution in [0.3, 0.4) is 0 Å². The van der Waals surface area contributed by atoms with Gasteiger partial charge in [-0.05, 0) is 164 Å². The lowest BCUT2D eigenvalue weighted by molar-refractivity contribution is -0.646. The first-order valence-electron chi connectivity index (χ1n) is 29.3. The van der Waals surface area contributed by atoms with E-state index in [2.05, 4.69) is 183 Å². The Bertz CT molecular complexity index is 4160. The largest absolute Gasteiger partial charge is 0.872 e. The van der Waals surface area contributed by atoms with Crippen LogP contribution in [0.5, 0.6) is 11.5 Å². The van der Waals surface area contributed by atoms with E-state index < -0.39 is 41.0 Å². The van der Waals surface area contributed by atoms with Crippen molar-refractivity contribution < 1.29 is 59.1 Å². The summed E-state index contributed by atoms with van der Waals surface area (Å²) < 4.78 is 11.0. The molecule has 8 aromatic carbocycles. The normalized spacial score (nSPS) is 13.7. The van der Waals surface area contributed by atoms with Gasteiger partial charge in [-0.2, -0.15) is 4.57 Å². The van der Waals surface area contributed by atoms with Gasteiger partial charge >= 0.3 is 23.9 Å². The molecule has 1 aliphatic rings. The lowest BCUT2D eigenvalue weighted by Gasteiger charge is -2.32. The van der Waals surface area contributed by atoms with E-state index in [1.807, 2.05) is 18.2 Å². The summed E-state index contributed by atoms with van der Waals surface area (Å²) in [6.45, 7) is 8.46. The van der Waals surface area contributed by atoms with E-state index in [9.17, 15) is 39.6 Å². The molecule has 2 aromatic heterocycles. The number of benzene rings is 8. The summed E-state index contributed by atoms with van der Waals surface area (Å²) in [7, 11) is 8.49. The molecule has 0 radical (unpaired) electrons. The fourth-order valence-corrected chi connectivity index (χ4v) is 11.5. The molecule has 5 N–H and O–H groups in total. The third-order valence-electron chi connectivity index (χ3n) is 16.3. The maximum Gasteiger partial charge on any atom is 0.339 e. The average molecular weight is 1230 g/mol. The van der Waals surface area contributed by atoms with Gasteiger partial charge in [0.2, 0.25) is 11.2 Å². The minimum atomic E-state index is -1.34. The Morgan fingerprint density at radius 1 is 0.689 bits per heavy atom. The number of aromatic carboxylic acids is 2. The number of halogens is 1. The average Bonchev–Trinajstić information content (AvgIpc) is 1.10. The van der Waals surface area contributed by atoms with Crippen LogP contribution >= 0.6 is 11.6 Å². The molecule has 0 aliphatic carbocycles. The molecule has 0 spiro atoms. The van der Waals surface area contributed by atoms with Crippen LogP contribution in [-0.2, 0) is 33.4 Å². The van der Waals surface area contributed by atoms with Crippen LogP contribution in [0.1, 0.15) is 91.8 Å². The Morgan fingerprint density at radius 2 is 1.26 bits per heavy atom. The van der Waals surface area contributed by atoms with Gasteiger partial charge in [-0.1, -0.05) is 127 Å². The quantitative estimate of drug-likeness (QED) is 0.0450. The molecule has 1 aliphatic heterocycles. The van der Waals surface area contributed by atoms with E-state index >= 15 is 0 Å². The van der Waals surface area contributed by atoms with Crippen LogP contribution in [0, 0.1) is 13.8 Å². The zero-order chi connectivity index (χ0) is 64.8. The van der Waals surface area contributed by atoms with Crippen LogP contribution in [-0.4, -0.2) is 99.2 Å². The Labute approximate surface area is 528 Å². The minimum Gasteiger partial charge on any atom is -0.872 e. The molecular formula is C74H73ClN4O11. The highest BCUT2D eigenvalue weighted by atomic mass is 35.5. The molecule has 3 heterocycles. The number of likely N-dealkylation sites (tertiary alicyclic amines) is 1. The van der Waals surface area contributed by atoms with Crippen molar-refractivity contribution in [3.05, 3.63) is 255 Å². The summed E-state index contributed by atoms with van der Waals surface area (Å²) in [6, 6.07) is 59.4. The second-order valence-corrected chi connectivity index (χ2v) is 22.8. The number of hydrogen-bond donors (Lipinski definition) is 5. The first kappa shape index (κ1) is 65.9. The summed E-state index contributed by atoms with van der Waals surface area (Å²) in [4.78, 5) is 46.9. The highest BCUT2D eigenvalue weighted by Gasteiger charge is 2.31. The van der Waals surface area contributed by atoms with Crippen molar-refractivity contribution in [2.45, 2.75) is 58.1 Å². The number of nitrogens with zero attached hydrogens (tertiary/aromatic N) is 4. The molecule has 0 saturated carbocycles. The monoisotopic (exact) mass is 1230 g/mol. The molecule has 2 atom stereocenters. The number of aryl methyl sites for hydroxylation is 2. The number of fused-ring (bicyclic) bond motifs is 3. The summed E-state index contributed by atoms with van der Waals surface area (Å²) in [6.07, 6.45) is 9.09.